The molecule has 0 spiro atoms. The number of halogens is 1. The number of hydrogen-bond acceptors (Lipinski definition) is 6. The standard InChI is InChI=1S/C22H24ClN3O4/c1-28-20-13-18-19(14-21(20)30-10-2-7-25-8-11-29-12-9-25)24-15-26(22(18)27)17-5-3-16(23)4-6-17/h3-6,13-15H,2,7-12H2,1H3. The van der Waals surface area contributed by atoms with Crippen molar-refractivity contribution in [3.63, 3.8) is 0 Å². The number of rotatable bonds is 7. The van der Waals surface area contributed by atoms with Crippen LogP contribution in [0.1, 0.15) is 6.42 Å². The molecule has 30 heavy (non-hydrogen) atoms. The fourth-order valence-electron chi connectivity index (χ4n) is 3.48. The molecule has 8 heteroatoms. The van der Waals surface area contributed by atoms with Crippen molar-refractivity contribution in [2.75, 3.05) is 46.6 Å². The lowest BCUT2D eigenvalue weighted by Gasteiger charge is -2.26. The van der Waals surface area contributed by atoms with Gasteiger partial charge in [0.2, 0.25) is 0 Å². The summed E-state index contributed by atoms with van der Waals surface area (Å²) in [5, 5.41) is 1.07. The molecule has 0 bridgehead atoms. The zero-order chi connectivity index (χ0) is 20.9. The van der Waals surface area contributed by atoms with Crippen LogP contribution in [-0.4, -0.2) is 61.0 Å². The first-order chi connectivity index (χ1) is 14.7. The molecule has 2 heterocycles. The minimum Gasteiger partial charge on any atom is -0.493 e. The van der Waals surface area contributed by atoms with Gasteiger partial charge in [-0.1, -0.05) is 11.6 Å². The summed E-state index contributed by atoms with van der Waals surface area (Å²) in [5.41, 5.74) is 1.08. The largest absolute Gasteiger partial charge is 0.493 e. The van der Waals surface area contributed by atoms with Gasteiger partial charge >= 0.3 is 0 Å². The Hall–Kier alpha value is -2.61. The number of ether oxygens (including phenoxy) is 3. The lowest BCUT2D eigenvalue weighted by atomic mass is 10.2. The summed E-state index contributed by atoms with van der Waals surface area (Å²) in [7, 11) is 1.57. The smallest absolute Gasteiger partial charge is 0.265 e. The third-order valence-corrected chi connectivity index (χ3v) is 5.38. The highest BCUT2D eigenvalue weighted by molar-refractivity contribution is 6.30. The van der Waals surface area contributed by atoms with Crippen LogP contribution in [0, 0.1) is 0 Å². The SMILES string of the molecule is COc1cc2c(=O)n(-c3ccc(Cl)cc3)cnc2cc1OCCCN1CCOCC1. The van der Waals surface area contributed by atoms with E-state index in [-0.39, 0.29) is 5.56 Å². The van der Waals surface area contributed by atoms with Gasteiger partial charge in [-0.3, -0.25) is 14.3 Å². The minimum absolute atomic E-state index is 0.181. The summed E-state index contributed by atoms with van der Waals surface area (Å²) in [6.45, 7) is 5.02. The first-order valence-electron chi connectivity index (χ1n) is 9.94. The molecule has 1 saturated heterocycles. The van der Waals surface area contributed by atoms with Crippen molar-refractivity contribution in [3.8, 4) is 17.2 Å². The average molecular weight is 430 g/mol. The number of nitrogens with zero attached hydrogens (tertiary/aromatic N) is 3. The van der Waals surface area contributed by atoms with Crippen LogP contribution in [0.3, 0.4) is 0 Å². The molecule has 158 valence electrons. The van der Waals surface area contributed by atoms with E-state index in [9.17, 15) is 4.79 Å². The Labute approximate surface area is 179 Å². The van der Waals surface area contributed by atoms with Crippen molar-refractivity contribution in [2.45, 2.75) is 6.42 Å². The normalized spacial score (nSPS) is 14.7. The van der Waals surface area contributed by atoms with Crippen LogP contribution in [0.2, 0.25) is 5.02 Å². The van der Waals surface area contributed by atoms with Gasteiger partial charge in [0.15, 0.2) is 11.5 Å². The summed E-state index contributed by atoms with van der Waals surface area (Å²) < 4.78 is 18.3. The van der Waals surface area contributed by atoms with Gasteiger partial charge in [0.1, 0.15) is 6.33 Å². The van der Waals surface area contributed by atoms with E-state index in [4.69, 9.17) is 25.8 Å². The second-order valence-electron chi connectivity index (χ2n) is 7.07. The molecule has 0 atom stereocenters. The third-order valence-electron chi connectivity index (χ3n) is 5.13. The first kappa shape index (κ1) is 20.7. The van der Waals surface area contributed by atoms with E-state index in [1.54, 1.807) is 43.5 Å². The van der Waals surface area contributed by atoms with Crippen LogP contribution in [0.25, 0.3) is 16.6 Å². The highest BCUT2D eigenvalue weighted by Gasteiger charge is 2.14. The monoisotopic (exact) mass is 429 g/mol. The van der Waals surface area contributed by atoms with Crippen molar-refractivity contribution in [3.05, 3.63) is 58.1 Å². The molecule has 3 aromatic rings. The van der Waals surface area contributed by atoms with E-state index in [2.05, 4.69) is 9.88 Å². The predicted octanol–water partition coefficient (Wildman–Crippen LogP) is 3.15. The summed E-state index contributed by atoms with van der Waals surface area (Å²) in [6.07, 6.45) is 2.41. The first-order valence-corrected chi connectivity index (χ1v) is 10.3. The van der Waals surface area contributed by atoms with Crippen LogP contribution in [0.4, 0.5) is 0 Å². The van der Waals surface area contributed by atoms with Crippen molar-refractivity contribution in [1.29, 1.82) is 0 Å². The average Bonchev–Trinajstić information content (AvgIpc) is 2.78. The highest BCUT2D eigenvalue weighted by atomic mass is 35.5. The predicted molar refractivity (Wildman–Crippen MR) is 116 cm³/mol. The van der Waals surface area contributed by atoms with Crippen molar-refractivity contribution < 1.29 is 14.2 Å². The quantitative estimate of drug-likeness (QED) is 0.537. The maximum absolute atomic E-state index is 13.0. The molecule has 0 N–H and O–H groups in total. The van der Waals surface area contributed by atoms with Crippen molar-refractivity contribution in [2.24, 2.45) is 0 Å². The molecular formula is C22H24ClN3O4. The van der Waals surface area contributed by atoms with Crippen LogP contribution in [0.15, 0.2) is 47.5 Å². The number of aromatic nitrogens is 2. The van der Waals surface area contributed by atoms with E-state index in [1.807, 2.05) is 0 Å². The van der Waals surface area contributed by atoms with Gasteiger partial charge in [-0.25, -0.2) is 4.98 Å². The second-order valence-corrected chi connectivity index (χ2v) is 7.51. The third kappa shape index (κ3) is 4.59. The van der Waals surface area contributed by atoms with Crippen LogP contribution in [-0.2, 0) is 4.74 Å². The van der Waals surface area contributed by atoms with Gasteiger partial charge in [-0.05, 0) is 36.8 Å². The zero-order valence-electron chi connectivity index (χ0n) is 16.8. The van der Waals surface area contributed by atoms with Gasteiger partial charge in [0, 0.05) is 30.7 Å². The van der Waals surface area contributed by atoms with E-state index in [0.717, 1.165) is 39.3 Å². The molecule has 0 aliphatic carbocycles. The summed E-state index contributed by atoms with van der Waals surface area (Å²) in [4.78, 5) is 19.8. The molecule has 1 aromatic heterocycles. The fraction of sp³-hybridized carbons (Fsp3) is 0.364. The molecule has 0 unspecified atom stereocenters. The Morgan fingerprint density at radius 1 is 1.13 bits per heavy atom. The molecule has 7 nitrogen and oxygen atoms in total. The van der Waals surface area contributed by atoms with Crippen LogP contribution >= 0.6 is 11.6 Å². The number of methoxy groups -OCH3 is 1. The van der Waals surface area contributed by atoms with Crippen LogP contribution < -0.4 is 15.0 Å². The van der Waals surface area contributed by atoms with Gasteiger partial charge in [0.05, 0.1) is 43.5 Å². The van der Waals surface area contributed by atoms with E-state index in [1.165, 1.54) is 10.9 Å². The summed E-state index contributed by atoms with van der Waals surface area (Å²) in [6, 6.07) is 10.5. The lowest BCUT2D eigenvalue weighted by molar-refractivity contribution is 0.0357. The molecule has 1 aliphatic heterocycles. The lowest BCUT2D eigenvalue weighted by Crippen LogP contribution is -2.37. The topological polar surface area (TPSA) is 65.8 Å². The molecule has 0 amide bonds. The maximum Gasteiger partial charge on any atom is 0.265 e. The van der Waals surface area contributed by atoms with Crippen LogP contribution in [0.5, 0.6) is 11.5 Å². The van der Waals surface area contributed by atoms with Crippen molar-refractivity contribution >= 4 is 22.5 Å². The van der Waals surface area contributed by atoms with E-state index < -0.39 is 0 Å². The van der Waals surface area contributed by atoms with Gasteiger partial charge in [-0.15, -0.1) is 0 Å². The fourth-order valence-corrected chi connectivity index (χ4v) is 3.61. The van der Waals surface area contributed by atoms with Gasteiger partial charge < -0.3 is 14.2 Å². The Bertz CT molecular complexity index is 1060. The molecule has 1 aliphatic rings. The Morgan fingerprint density at radius 2 is 1.90 bits per heavy atom. The van der Waals surface area contributed by atoms with Gasteiger partial charge in [-0.2, -0.15) is 0 Å². The van der Waals surface area contributed by atoms with E-state index in [0.29, 0.717) is 39.7 Å². The molecule has 2 aromatic carbocycles. The number of hydrogen-bond donors (Lipinski definition) is 0. The molecule has 4 rings (SSSR count). The zero-order valence-corrected chi connectivity index (χ0v) is 17.6. The maximum atomic E-state index is 13.0. The van der Waals surface area contributed by atoms with Crippen molar-refractivity contribution in [1.82, 2.24) is 14.5 Å². The Kier molecular flexibility index (Phi) is 6.52. The second kappa shape index (κ2) is 9.47. The number of morpholine rings is 1. The number of benzene rings is 2. The van der Waals surface area contributed by atoms with E-state index >= 15 is 0 Å². The summed E-state index contributed by atoms with van der Waals surface area (Å²) >= 11 is 5.95. The number of fused-ring (bicyclic) bond motifs is 1. The molecule has 1 fully saturated rings. The molecular weight excluding hydrogens is 406 g/mol. The van der Waals surface area contributed by atoms with Gasteiger partial charge in [0.25, 0.3) is 5.56 Å². The summed E-state index contributed by atoms with van der Waals surface area (Å²) in [5.74, 6) is 1.10. The Morgan fingerprint density at radius 3 is 2.63 bits per heavy atom. The minimum atomic E-state index is -0.181. The molecule has 0 saturated carbocycles. The molecule has 0 radical (unpaired) electrons. The highest BCUT2D eigenvalue weighted by Crippen LogP contribution is 2.30. The Balaban J connectivity index is 1.52.